The SMILES string of the molecule is CCO[P+](=O)CC(OS(C)(=O)=O)C(F)(F)F. The van der Waals surface area contributed by atoms with Gasteiger partial charge in [0.25, 0.3) is 10.1 Å². The van der Waals surface area contributed by atoms with Gasteiger partial charge in [-0.25, -0.2) is 0 Å². The Morgan fingerprint density at radius 3 is 2.19 bits per heavy atom. The fourth-order valence-corrected chi connectivity index (χ4v) is 2.38. The van der Waals surface area contributed by atoms with Crippen molar-refractivity contribution in [3.8, 4) is 0 Å². The summed E-state index contributed by atoms with van der Waals surface area (Å²) in [7, 11) is -6.87. The van der Waals surface area contributed by atoms with Crippen LogP contribution in [0, 0.1) is 0 Å². The first-order valence-electron chi connectivity index (χ1n) is 4.08. The van der Waals surface area contributed by atoms with Crippen LogP contribution in [0.2, 0.25) is 0 Å². The lowest BCUT2D eigenvalue weighted by atomic mass is 10.4. The Hall–Kier alpha value is -0.240. The van der Waals surface area contributed by atoms with Crippen molar-refractivity contribution in [3.63, 3.8) is 0 Å². The van der Waals surface area contributed by atoms with Crippen LogP contribution < -0.4 is 0 Å². The van der Waals surface area contributed by atoms with Crippen molar-refractivity contribution in [2.75, 3.05) is 19.0 Å². The average molecular weight is 283 g/mol. The molecule has 0 bridgehead atoms. The van der Waals surface area contributed by atoms with E-state index in [1.165, 1.54) is 6.92 Å². The molecule has 5 nitrogen and oxygen atoms in total. The third kappa shape index (κ3) is 7.10. The van der Waals surface area contributed by atoms with Gasteiger partial charge < -0.3 is 0 Å². The fraction of sp³-hybridized carbons (Fsp3) is 1.00. The van der Waals surface area contributed by atoms with Gasteiger partial charge in [-0.05, 0) is 11.5 Å². The van der Waals surface area contributed by atoms with E-state index in [4.69, 9.17) is 0 Å². The molecule has 0 aromatic rings. The molecule has 0 saturated carbocycles. The largest absolute Gasteiger partial charge is 0.511 e. The smallest absolute Gasteiger partial charge is 0.253 e. The topological polar surface area (TPSA) is 69.7 Å². The van der Waals surface area contributed by atoms with Crippen LogP contribution in [0.25, 0.3) is 0 Å². The maximum absolute atomic E-state index is 12.3. The van der Waals surface area contributed by atoms with E-state index in [1.807, 2.05) is 0 Å². The minimum Gasteiger partial charge on any atom is -0.253 e. The number of rotatable bonds is 6. The predicted octanol–water partition coefficient (Wildman–Crippen LogP) is 1.67. The second kappa shape index (κ2) is 5.90. The summed E-state index contributed by atoms with van der Waals surface area (Å²) in [5, 5.41) is 0. The maximum Gasteiger partial charge on any atom is 0.511 e. The van der Waals surface area contributed by atoms with Crippen LogP contribution in [0.1, 0.15) is 6.92 Å². The molecule has 0 spiro atoms. The highest BCUT2D eigenvalue weighted by molar-refractivity contribution is 7.86. The molecule has 2 atom stereocenters. The van der Waals surface area contributed by atoms with Gasteiger partial charge in [-0.2, -0.15) is 21.6 Å². The van der Waals surface area contributed by atoms with Crippen LogP contribution >= 0.6 is 8.03 Å². The van der Waals surface area contributed by atoms with Crippen molar-refractivity contribution in [1.82, 2.24) is 0 Å². The molecule has 0 N–H and O–H groups in total. The average Bonchev–Trinajstić information content (AvgIpc) is 1.98. The van der Waals surface area contributed by atoms with Gasteiger partial charge in [-0.15, -0.1) is 4.52 Å². The summed E-state index contributed by atoms with van der Waals surface area (Å²) in [4.78, 5) is 0. The van der Waals surface area contributed by atoms with Crippen molar-refractivity contribution < 1.29 is 34.9 Å². The van der Waals surface area contributed by atoms with E-state index in [0.29, 0.717) is 6.26 Å². The Kier molecular flexibility index (Phi) is 5.81. The molecule has 16 heavy (non-hydrogen) atoms. The highest BCUT2D eigenvalue weighted by Gasteiger charge is 2.48. The van der Waals surface area contributed by atoms with Crippen molar-refractivity contribution in [2.24, 2.45) is 0 Å². The second-order valence-corrected chi connectivity index (χ2v) is 5.65. The van der Waals surface area contributed by atoms with Crippen LogP contribution in [0.5, 0.6) is 0 Å². The minimum absolute atomic E-state index is 0.0291. The molecular weight excluding hydrogens is 272 g/mol. The van der Waals surface area contributed by atoms with E-state index in [-0.39, 0.29) is 6.61 Å². The zero-order valence-corrected chi connectivity index (χ0v) is 10.2. The summed E-state index contributed by atoms with van der Waals surface area (Å²) in [5.41, 5.74) is 0. The first-order chi connectivity index (χ1) is 7.06. The summed E-state index contributed by atoms with van der Waals surface area (Å²) < 4.78 is 77.1. The summed E-state index contributed by atoms with van der Waals surface area (Å²) in [6.45, 7) is 1.42. The van der Waals surface area contributed by atoms with Gasteiger partial charge in [0, 0.05) is 0 Å². The molecule has 10 heteroatoms. The summed E-state index contributed by atoms with van der Waals surface area (Å²) in [6.07, 6.45) is -8.11. The number of hydrogen-bond donors (Lipinski definition) is 0. The molecule has 0 aromatic carbocycles. The van der Waals surface area contributed by atoms with Gasteiger partial charge in [0.05, 0.1) is 12.9 Å². The van der Waals surface area contributed by atoms with E-state index in [1.54, 1.807) is 0 Å². The maximum atomic E-state index is 12.3. The third-order valence-corrected chi connectivity index (χ3v) is 3.00. The van der Waals surface area contributed by atoms with E-state index in [0.717, 1.165) is 0 Å². The molecule has 0 amide bonds. The van der Waals surface area contributed by atoms with Gasteiger partial charge in [0.1, 0.15) is 0 Å². The molecule has 0 aliphatic heterocycles. The molecule has 96 valence electrons. The van der Waals surface area contributed by atoms with E-state index >= 15 is 0 Å². The minimum atomic E-state index is -4.91. The fourth-order valence-electron chi connectivity index (χ4n) is 0.732. The molecule has 2 unspecified atom stereocenters. The highest BCUT2D eigenvalue weighted by Crippen LogP contribution is 2.32. The van der Waals surface area contributed by atoms with Gasteiger partial charge in [0.2, 0.25) is 12.3 Å². The first kappa shape index (κ1) is 15.8. The van der Waals surface area contributed by atoms with Crippen molar-refractivity contribution >= 4 is 18.1 Å². The standard InChI is InChI=1S/C6H11F3O5PS/c1-3-13-15(10)4-5(6(7,8)9)14-16(2,11)12/h5H,3-4H2,1-2H3/q+1. The van der Waals surface area contributed by atoms with Gasteiger partial charge in [-0.1, -0.05) is 0 Å². The second-order valence-electron chi connectivity index (χ2n) is 2.76. The van der Waals surface area contributed by atoms with E-state index < -0.39 is 36.6 Å². The van der Waals surface area contributed by atoms with E-state index in [9.17, 15) is 26.2 Å². The first-order valence-corrected chi connectivity index (χ1v) is 7.26. The Balaban J connectivity index is 4.65. The van der Waals surface area contributed by atoms with Gasteiger partial charge >= 0.3 is 14.2 Å². The van der Waals surface area contributed by atoms with Crippen LogP contribution in [0.15, 0.2) is 0 Å². The Morgan fingerprint density at radius 1 is 1.38 bits per heavy atom. The zero-order chi connectivity index (χ0) is 13.0. The van der Waals surface area contributed by atoms with Gasteiger partial charge in [-0.3, -0.25) is 4.18 Å². The normalized spacial score (nSPS) is 15.9. The Morgan fingerprint density at radius 2 is 1.88 bits per heavy atom. The lowest BCUT2D eigenvalue weighted by Crippen LogP contribution is -2.35. The quantitative estimate of drug-likeness (QED) is 0.548. The van der Waals surface area contributed by atoms with Crippen molar-refractivity contribution in [1.29, 1.82) is 0 Å². The van der Waals surface area contributed by atoms with Crippen LogP contribution in [0.4, 0.5) is 13.2 Å². The van der Waals surface area contributed by atoms with Gasteiger partial charge in [0.15, 0.2) is 0 Å². The van der Waals surface area contributed by atoms with Crippen LogP contribution in [-0.2, 0) is 23.4 Å². The number of alkyl halides is 3. The molecule has 0 aliphatic rings. The molecule has 0 rings (SSSR count). The Labute approximate surface area is 91.9 Å². The molecule has 0 aromatic heterocycles. The van der Waals surface area contributed by atoms with Crippen LogP contribution in [-0.4, -0.2) is 39.7 Å². The zero-order valence-electron chi connectivity index (χ0n) is 8.52. The number of halogens is 3. The molecule has 0 aliphatic carbocycles. The third-order valence-electron chi connectivity index (χ3n) is 1.24. The summed E-state index contributed by atoms with van der Waals surface area (Å²) in [6, 6.07) is 0. The lowest BCUT2D eigenvalue weighted by Gasteiger charge is -2.14. The highest BCUT2D eigenvalue weighted by atomic mass is 32.2. The summed E-state index contributed by atoms with van der Waals surface area (Å²) >= 11 is 0. The van der Waals surface area contributed by atoms with Crippen molar-refractivity contribution in [2.45, 2.75) is 19.2 Å². The summed E-state index contributed by atoms with van der Waals surface area (Å²) in [5.74, 6) is 0. The molecular formula is C6H11F3O5PS+. The van der Waals surface area contributed by atoms with E-state index in [2.05, 4.69) is 8.71 Å². The van der Waals surface area contributed by atoms with Crippen molar-refractivity contribution in [3.05, 3.63) is 0 Å². The molecule has 0 fully saturated rings. The number of hydrogen-bond acceptors (Lipinski definition) is 5. The lowest BCUT2D eigenvalue weighted by molar-refractivity contribution is -0.187. The predicted molar refractivity (Wildman–Crippen MR) is 49.9 cm³/mol. The molecule has 0 saturated heterocycles. The molecule has 0 radical (unpaired) electrons. The van der Waals surface area contributed by atoms with Crippen LogP contribution in [0.3, 0.4) is 0 Å². The monoisotopic (exact) mass is 283 g/mol. The Bertz CT molecular complexity index is 339. The molecule has 0 heterocycles.